The minimum atomic E-state index is -1.47. The number of halogens is 1. The predicted octanol–water partition coefficient (Wildman–Crippen LogP) is 3.46. The van der Waals surface area contributed by atoms with Crippen LogP contribution in [0.1, 0.15) is 35.4 Å². The quantitative estimate of drug-likeness (QED) is 0.906. The van der Waals surface area contributed by atoms with Gasteiger partial charge in [-0.15, -0.1) is 0 Å². The van der Waals surface area contributed by atoms with Gasteiger partial charge in [-0.3, -0.25) is 0 Å². The molecule has 1 saturated carbocycles. The van der Waals surface area contributed by atoms with E-state index in [0.717, 1.165) is 24.0 Å². The number of nitrogens with zero attached hydrogens (tertiary/aromatic N) is 1. The number of aliphatic imine (C=N–C) groups is 1. The summed E-state index contributed by atoms with van der Waals surface area (Å²) in [6.45, 7) is 0. The fourth-order valence-electron chi connectivity index (χ4n) is 3.25. The van der Waals surface area contributed by atoms with Crippen molar-refractivity contribution in [1.29, 1.82) is 0 Å². The molecule has 1 aliphatic heterocycles. The molecule has 2 aromatic carbocycles. The SMILES string of the molecule is COc1ccc2c(c1)C(O)(c1cc(Cl)ccc1C1CC1)C(N)=N2. The zero-order valence-corrected chi connectivity index (χ0v) is 13.5. The average molecular weight is 329 g/mol. The summed E-state index contributed by atoms with van der Waals surface area (Å²) in [4.78, 5) is 4.35. The van der Waals surface area contributed by atoms with E-state index in [9.17, 15) is 5.11 Å². The first-order valence-corrected chi connectivity index (χ1v) is 7.97. The second-order valence-electron chi connectivity index (χ2n) is 6.10. The first-order chi connectivity index (χ1) is 11.0. The van der Waals surface area contributed by atoms with Crippen LogP contribution in [0.3, 0.4) is 0 Å². The molecule has 0 bridgehead atoms. The standard InChI is InChI=1S/C18H17ClN2O2/c1-23-12-5-7-16-15(9-12)18(22,17(20)21-16)14-8-11(19)4-6-13(14)10-2-3-10/h4-10,22H,2-3H2,1H3,(H2,20,21). The van der Waals surface area contributed by atoms with Crippen molar-refractivity contribution < 1.29 is 9.84 Å². The number of benzene rings is 2. The predicted molar refractivity (Wildman–Crippen MR) is 90.7 cm³/mol. The van der Waals surface area contributed by atoms with Crippen LogP contribution in [0, 0.1) is 0 Å². The van der Waals surface area contributed by atoms with Gasteiger partial charge < -0.3 is 15.6 Å². The van der Waals surface area contributed by atoms with Crippen LogP contribution in [0.4, 0.5) is 5.69 Å². The van der Waals surface area contributed by atoms with Crippen LogP contribution in [0.2, 0.25) is 5.02 Å². The molecule has 1 fully saturated rings. The Hall–Kier alpha value is -2.04. The van der Waals surface area contributed by atoms with Crippen molar-refractivity contribution >= 4 is 23.1 Å². The minimum Gasteiger partial charge on any atom is -0.497 e. The lowest BCUT2D eigenvalue weighted by Gasteiger charge is -2.27. The van der Waals surface area contributed by atoms with Crippen LogP contribution >= 0.6 is 11.6 Å². The molecule has 0 saturated heterocycles. The molecule has 0 amide bonds. The number of hydrogen-bond acceptors (Lipinski definition) is 4. The third kappa shape index (κ3) is 2.13. The van der Waals surface area contributed by atoms with Gasteiger partial charge in [-0.05, 0) is 54.7 Å². The van der Waals surface area contributed by atoms with Gasteiger partial charge in [0.25, 0.3) is 0 Å². The lowest BCUT2D eigenvalue weighted by atomic mass is 9.82. The first kappa shape index (κ1) is 14.5. The summed E-state index contributed by atoms with van der Waals surface area (Å²) in [6, 6.07) is 11.0. The Kier molecular flexibility index (Phi) is 3.15. The topological polar surface area (TPSA) is 67.8 Å². The second-order valence-corrected chi connectivity index (χ2v) is 6.53. The van der Waals surface area contributed by atoms with Gasteiger partial charge in [-0.2, -0.15) is 0 Å². The van der Waals surface area contributed by atoms with Crippen molar-refractivity contribution in [2.45, 2.75) is 24.4 Å². The zero-order chi connectivity index (χ0) is 16.2. The Bertz CT molecular complexity index is 830. The van der Waals surface area contributed by atoms with Crippen LogP contribution in [-0.2, 0) is 5.60 Å². The second kappa shape index (κ2) is 4.98. The molecule has 5 heteroatoms. The van der Waals surface area contributed by atoms with Gasteiger partial charge >= 0.3 is 0 Å². The Morgan fingerprint density at radius 2 is 2.00 bits per heavy atom. The van der Waals surface area contributed by atoms with E-state index in [2.05, 4.69) is 4.99 Å². The van der Waals surface area contributed by atoms with E-state index in [1.165, 1.54) is 0 Å². The van der Waals surface area contributed by atoms with Crippen LogP contribution < -0.4 is 10.5 Å². The minimum absolute atomic E-state index is 0.171. The Morgan fingerprint density at radius 3 is 2.70 bits per heavy atom. The Morgan fingerprint density at radius 1 is 1.22 bits per heavy atom. The molecular formula is C18H17ClN2O2. The summed E-state index contributed by atoms with van der Waals surface area (Å²) in [5.74, 6) is 1.28. The third-order valence-corrected chi connectivity index (χ3v) is 4.86. The van der Waals surface area contributed by atoms with E-state index in [1.807, 2.05) is 12.1 Å². The van der Waals surface area contributed by atoms with E-state index in [-0.39, 0.29) is 5.84 Å². The van der Waals surface area contributed by atoms with E-state index in [4.69, 9.17) is 22.1 Å². The third-order valence-electron chi connectivity index (χ3n) is 4.63. The summed E-state index contributed by atoms with van der Waals surface area (Å²) in [6.07, 6.45) is 2.24. The Labute approximate surface area is 139 Å². The van der Waals surface area contributed by atoms with Crippen LogP contribution in [0.25, 0.3) is 0 Å². The maximum Gasteiger partial charge on any atom is 0.175 e. The van der Waals surface area contributed by atoms with Gasteiger partial charge in [0.05, 0.1) is 12.8 Å². The summed E-state index contributed by atoms with van der Waals surface area (Å²) in [5, 5.41) is 12.1. The average Bonchev–Trinajstić information content (AvgIpc) is 3.35. The maximum atomic E-state index is 11.5. The smallest absolute Gasteiger partial charge is 0.175 e. The molecular weight excluding hydrogens is 312 g/mol. The summed E-state index contributed by atoms with van der Waals surface area (Å²) < 4.78 is 5.29. The van der Waals surface area contributed by atoms with Crippen molar-refractivity contribution in [2.24, 2.45) is 10.7 Å². The van der Waals surface area contributed by atoms with E-state index in [0.29, 0.717) is 27.9 Å². The Balaban J connectivity index is 1.96. The van der Waals surface area contributed by atoms with Gasteiger partial charge in [0, 0.05) is 16.1 Å². The van der Waals surface area contributed by atoms with Crippen molar-refractivity contribution in [1.82, 2.24) is 0 Å². The lowest BCUT2D eigenvalue weighted by Crippen LogP contribution is -2.40. The molecule has 3 N–H and O–H groups in total. The monoisotopic (exact) mass is 328 g/mol. The molecule has 118 valence electrons. The fourth-order valence-corrected chi connectivity index (χ4v) is 3.43. The van der Waals surface area contributed by atoms with Gasteiger partial charge in [0.2, 0.25) is 0 Å². The highest BCUT2D eigenvalue weighted by atomic mass is 35.5. The largest absolute Gasteiger partial charge is 0.497 e. The number of nitrogens with two attached hydrogens (primary N) is 1. The molecule has 2 aliphatic rings. The number of amidine groups is 1. The number of methoxy groups -OCH3 is 1. The number of hydrogen-bond donors (Lipinski definition) is 2. The van der Waals surface area contributed by atoms with Crippen molar-refractivity contribution in [3.63, 3.8) is 0 Å². The van der Waals surface area contributed by atoms with E-state index < -0.39 is 5.60 Å². The molecule has 4 rings (SSSR count). The highest BCUT2D eigenvalue weighted by Gasteiger charge is 2.45. The highest BCUT2D eigenvalue weighted by molar-refractivity contribution is 6.30. The number of ether oxygens (including phenoxy) is 1. The molecule has 1 unspecified atom stereocenters. The number of rotatable bonds is 3. The number of aliphatic hydroxyl groups is 1. The van der Waals surface area contributed by atoms with E-state index >= 15 is 0 Å². The molecule has 1 aliphatic carbocycles. The highest BCUT2D eigenvalue weighted by Crippen LogP contribution is 2.50. The normalized spacial score (nSPS) is 22.7. The molecule has 1 heterocycles. The molecule has 0 aromatic heterocycles. The zero-order valence-electron chi connectivity index (χ0n) is 12.7. The van der Waals surface area contributed by atoms with Crippen LogP contribution in [0.15, 0.2) is 41.4 Å². The van der Waals surface area contributed by atoms with Crippen molar-refractivity contribution in [3.05, 3.63) is 58.1 Å². The molecule has 4 nitrogen and oxygen atoms in total. The van der Waals surface area contributed by atoms with Crippen molar-refractivity contribution in [2.75, 3.05) is 7.11 Å². The molecule has 23 heavy (non-hydrogen) atoms. The van der Waals surface area contributed by atoms with Gasteiger partial charge in [0.15, 0.2) is 5.60 Å². The van der Waals surface area contributed by atoms with Crippen LogP contribution in [-0.4, -0.2) is 18.1 Å². The summed E-state index contributed by atoms with van der Waals surface area (Å²) in [5.41, 5.74) is 7.79. The molecule has 1 atom stereocenters. The maximum absolute atomic E-state index is 11.5. The van der Waals surface area contributed by atoms with Crippen molar-refractivity contribution in [3.8, 4) is 5.75 Å². The van der Waals surface area contributed by atoms with Gasteiger partial charge in [-0.25, -0.2) is 4.99 Å². The van der Waals surface area contributed by atoms with E-state index in [1.54, 1.807) is 31.4 Å². The summed E-state index contributed by atoms with van der Waals surface area (Å²) in [7, 11) is 1.59. The van der Waals surface area contributed by atoms with Crippen LogP contribution in [0.5, 0.6) is 5.75 Å². The molecule has 0 radical (unpaired) electrons. The van der Waals surface area contributed by atoms with Gasteiger partial charge in [-0.1, -0.05) is 17.7 Å². The molecule has 2 aromatic rings. The van der Waals surface area contributed by atoms with Gasteiger partial charge in [0.1, 0.15) is 11.6 Å². The number of fused-ring (bicyclic) bond motifs is 1. The first-order valence-electron chi connectivity index (χ1n) is 7.59. The fraction of sp³-hybridized carbons (Fsp3) is 0.278. The summed E-state index contributed by atoms with van der Waals surface area (Å²) >= 11 is 6.20. The lowest BCUT2D eigenvalue weighted by molar-refractivity contribution is 0.157. The molecule has 0 spiro atoms.